The summed E-state index contributed by atoms with van der Waals surface area (Å²) in [6.45, 7) is 4.12. The molecule has 6 heteroatoms. The van der Waals surface area contributed by atoms with E-state index < -0.39 is 0 Å². The van der Waals surface area contributed by atoms with Gasteiger partial charge < -0.3 is 18.9 Å². The number of aromatic nitrogens is 1. The second-order valence-corrected chi connectivity index (χ2v) is 8.32. The number of halogens is 1. The molecule has 0 fully saturated rings. The van der Waals surface area contributed by atoms with E-state index in [0.717, 1.165) is 29.6 Å². The normalized spacial score (nSPS) is 10.7. The minimum atomic E-state index is -0.0376. The molecule has 0 bridgehead atoms. The molecule has 0 atom stereocenters. The second kappa shape index (κ2) is 11.0. The average Bonchev–Trinajstić information content (AvgIpc) is 3.23. The summed E-state index contributed by atoms with van der Waals surface area (Å²) in [7, 11) is 3.18. The topological polar surface area (TPSA) is 43.7 Å². The van der Waals surface area contributed by atoms with Crippen molar-refractivity contribution in [2.75, 3.05) is 20.8 Å². The Kier molecular flexibility index (Phi) is 8.18. The molecule has 0 saturated carbocycles. The number of rotatable bonds is 10. The van der Waals surface area contributed by atoms with Crippen LogP contribution in [0.4, 0.5) is 0 Å². The van der Waals surface area contributed by atoms with Crippen molar-refractivity contribution in [3.63, 3.8) is 0 Å². The van der Waals surface area contributed by atoms with E-state index in [9.17, 15) is 4.79 Å². The fourth-order valence-corrected chi connectivity index (χ4v) is 3.74. The van der Waals surface area contributed by atoms with Crippen molar-refractivity contribution in [1.29, 1.82) is 0 Å². The van der Waals surface area contributed by atoms with Crippen LogP contribution in [0.15, 0.2) is 65.3 Å². The first-order valence-electron chi connectivity index (χ1n) is 10.5. The van der Waals surface area contributed by atoms with Crippen molar-refractivity contribution in [3.05, 3.63) is 82.1 Å². The van der Waals surface area contributed by atoms with Gasteiger partial charge in [0.1, 0.15) is 11.5 Å². The molecule has 0 aliphatic rings. The predicted octanol–water partition coefficient (Wildman–Crippen LogP) is 5.76. The molecular weight excluding hydrogens is 456 g/mol. The summed E-state index contributed by atoms with van der Waals surface area (Å²) < 4.78 is 14.0. The Morgan fingerprint density at radius 1 is 1.06 bits per heavy atom. The number of amides is 1. The maximum atomic E-state index is 13.5. The first-order chi connectivity index (χ1) is 15.0. The molecule has 2 aromatic carbocycles. The van der Waals surface area contributed by atoms with Crippen LogP contribution in [0.5, 0.6) is 11.5 Å². The number of carbonyl (C=O) groups excluding carboxylic acids is 1. The van der Waals surface area contributed by atoms with E-state index in [1.165, 1.54) is 5.56 Å². The van der Waals surface area contributed by atoms with Crippen LogP contribution in [0.25, 0.3) is 0 Å². The lowest BCUT2D eigenvalue weighted by Crippen LogP contribution is -2.32. The van der Waals surface area contributed by atoms with Crippen LogP contribution in [0.3, 0.4) is 0 Å². The quantitative estimate of drug-likeness (QED) is 0.367. The van der Waals surface area contributed by atoms with Gasteiger partial charge in [-0.25, -0.2) is 0 Å². The van der Waals surface area contributed by atoms with Gasteiger partial charge in [-0.05, 0) is 48.4 Å². The highest BCUT2D eigenvalue weighted by molar-refractivity contribution is 9.10. The van der Waals surface area contributed by atoms with Gasteiger partial charge in [-0.15, -0.1) is 0 Å². The van der Waals surface area contributed by atoms with Gasteiger partial charge in [0, 0.05) is 35.5 Å². The van der Waals surface area contributed by atoms with Crippen LogP contribution < -0.4 is 9.47 Å². The van der Waals surface area contributed by atoms with E-state index in [2.05, 4.69) is 51.8 Å². The fourth-order valence-electron chi connectivity index (χ4n) is 3.48. The Morgan fingerprint density at radius 3 is 2.52 bits per heavy atom. The van der Waals surface area contributed by atoms with Gasteiger partial charge in [0.15, 0.2) is 0 Å². The third-order valence-electron chi connectivity index (χ3n) is 5.25. The highest BCUT2D eigenvalue weighted by Crippen LogP contribution is 2.26. The Labute approximate surface area is 192 Å². The summed E-state index contributed by atoms with van der Waals surface area (Å²) in [5.41, 5.74) is 2.86. The van der Waals surface area contributed by atoms with E-state index in [1.54, 1.807) is 32.4 Å². The number of benzene rings is 2. The molecule has 1 heterocycles. The van der Waals surface area contributed by atoms with Crippen LogP contribution in [0.2, 0.25) is 0 Å². The number of unbranched alkanes of at least 4 members (excludes halogenated alkanes) is 1. The molecule has 0 radical (unpaired) electrons. The molecule has 0 aliphatic heterocycles. The summed E-state index contributed by atoms with van der Waals surface area (Å²) >= 11 is 3.48. The van der Waals surface area contributed by atoms with Gasteiger partial charge in [-0.2, -0.15) is 0 Å². The van der Waals surface area contributed by atoms with Gasteiger partial charge in [0.05, 0.1) is 26.3 Å². The summed E-state index contributed by atoms with van der Waals surface area (Å²) in [4.78, 5) is 15.4. The van der Waals surface area contributed by atoms with Crippen LogP contribution in [-0.2, 0) is 13.1 Å². The molecule has 3 rings (SSSR count). The lowest BCUT2D eigenvalue weighted by Gasteiger charge is -2.24. The van der Waals surface area contributed by atoms with Crippen molar-refractivity contribution in [2.24, 2.45) is 0 Å². The third kappa shape index (κ3) is 5.91. The first-order valence-corrected chi connectivity index (χ1v) is 11.2. The number of carbonyl (C=O) groups is 1. The van der Waals surface area contributed by atoms with Crippen molar-refractivity contribution >= 4 is 21.8 Å². The maximum absolute atomic E-state index is 13.5. The molecule has 0 spiro atoms. The van der Waals surface area contributed by atoms with Crippen LogP contribution >= 0.6 is 15.9 Å². The van der Waals surface area contributed by atoms with E-state index in [4.69, 9.17) is 9.47 Å². The largest absolute Gasteiger partial charge is 0.497 e. The molecule has 1 aromatic heterocycles. The van der Waals surface area contributed by atoms with Gasteiger partial charge >= 0.3 is 0 Å². The molecule has 3 aromatic rings. The number of methoxy groups -OCH3 is 2. The van der Waals surface area contributed by atoms with Gasteiger partial charge in [-0.3, -0.25) is 4.79 Å². The number of hydrogen-bond acceptors (Lipinski definition) is 3. The molecule has 5 nitrogen and oxygen atoms in total. The molecule has 1 amide bonds. The molecule has 0 unspecified atom stereocenters. The fraction of sp³-hybridized carbons (Fsp3) is 0.320. The molecule has 164 valence electrons. The average molecular weight is 485 g/mol. The van der Waals surface area contributed by atoms with Crippen molar-refractivity contribution in [2.45, 2.75) is 32.9 Å². The van der Waals surface area contributed by atoms with E-state index in [0.29, 0.717) is 30.2 Å². The van der Waals surface area contributed by atoms with Crippen molar-refractivity contribution in [1.82, 2.24) is 9.47 Å². The molecular formula is C25H29BrN2O3. The Morgan fingerprint density at radius 2 is 1.84 bits per heavy atom. The lowest BCUT2D eigenvalue weighted by molar-refractivity contribution is 0.0733. The zero-order valence-corrected chi connectivity index (χ0v) is 19.9. The molecule has 0 aliphatic carbocycles. The summed E-state index contributed by atoms with van der Waals surface area (Å²) in [5, 5.41) is 0. The minimum absolute atomic E-state index is 0.0376. The lowest BCUT2D eigenvalue weighted by atomic mass is 10.1. The zero-order chi connectivity index (χ0) is 22.2. The van der Waals surface area contributed by atoms with Crippen molar-refractivity contribution in [3.8, 4) is 11.5 Å². The standard InChI is InChI=1S/C25H29BrN2O3/c1-4-5-14-28(25(29)23-13-12-22(30-2)16-24(23)31-3)18-21-7-6-15-27(21)17-19-8-10-20(26)11-9-19/h6-13,15-16H,4-5,14,17-18H2,1-3H3. The molecule has 0 saturated heterocycles. The number of nitrogens with zero attached hydrogens (tertiary/aromatic N) is 2. The monoisotopic (exact) mass is 484 g/mol. The van der Waals surface area contributed by atoms with Crippen LogP contribution in [-0.4, -0.2) is 36.1 Å². The van der Waals surface area contributed by atoms with Gasteiger partial charge in [-0.1, -0.05) is 41.4 Å². The van der Waals surface area contributed by atoms with Gasteiger partial charge in [0.25, 0.3) is 5.91 Å². The highest BCUT2D eigenvalue weighted by atomic mass is 79.9. The van der Waals surface area contributed by atoms with E-state index in [-0.39, 0.29) is 5.91 Å². The number of hydrogen-bond donors (Lipinski definition) is 0. The Bertz CT molecular complexity index is 998. The molecule has 31 heavy (non-hydrogen) atoms. The van der Waals surface area contributed by atoms with E-state index in [1.807, 2.05) is 23.1 Å². The van der Waals surface area contributed by atoms with Crippen molar-refractivity contribution < 1.29 is 14.3 Å². The predicted molar refractivity (Wildman–Crippen MR) is 127 cm³/mol. The van der Waals surface area contributed by atoms with Crippen LogP contribution in [0, 0.1) is 0 Å². The molecule has 0 N–H and O–H groups in total. The Hall–Kier alpha value is -2.73. The highest BCUT2D eigenvalue weighted by Gasteiger charge is 2.21. The first kappa shape index (κ1) is 22.9. The maximum Gasteiger partial charge on any atom is 0.257 e. The smallest absolute Gasteiger partial charge is 0.257 e. The summed E-state index contributed by atoms with van der Waals surface area (Å²) in [6, 6.07) is 17.7. The minimum Gasteiger partial charge on any atom is -0.497 e. The Balaban J connectivity index is 1.83. The zero-order valence-electron chi connectivity index (χ0n) is 18.3. The summed E-state index contributed by atoms with van der Waals surface area (Å²) in [6.07, 6.45) is 4.02. The van der Waals surface area contributed by atoms with Gasteiger partial charge in [0.2, 0.25) is 0 Å². The van der Waals surface area contributed by atoms with E-state index >= 15 is 0 Å². The number of ether oxygens (including phenoxy) is 2. The summed E-state index contributed by atoms with van der Waals surface area (Å²) in [5.74, 6) is 1.15. The van der Waals surface area contributed by atoms with Crippen LogP contribution in [0.1, 0.15) is 41.4 Å². The second-order valence-electron chi connectivity index (χ2n) is 7.40. The third-order valence-corrected chi connectivity index (χ3v) is 5.78. The SMILES string of the molecule is CCCCN(Cc1cccn1Cc1ccc(Br)cc1)C(=O)c1ccc(OC)cc1OC.